The average Bonchev–Trinajstić information content (AvgIpc) is 3.16. The zero-order valence-electron chi connectivity index (χ0n) is 17.3. The van der Waals surface area contributed by atoms with Crippen molar-refractivity contribution in [2.75, 3.05) is 11.9 Å². The number of nitrogens with one attached hydrogen (secondary N) is 3. The molecule has 2 aromatic carbocycles. The summed E-state index contributed by atoms with van der Waals surface area (Å²) in [6, 6.07) is 11.8. The van der Waals surface area contributed by atoms with E-state index in [4.69, 9.17) is 9.90 Å². The number of fused-ring (bicyclic) bond motifs is 2. The van der Waals surface area contributed by atoms with Crippen LogP contribution in [0.4, 0.5) is 18.9 Å². The molecule has 0 aliphatic carbocycles. The number of nitrogens with zero attached hydrogens (tertiary/aromatic N) is 1. The second kappa shape index (κ2) is 9.82. The smallest absolute Gasteiger partial charge is 0.475 e. The number of amides is 1. The van der Waals surface area contributed by atoms with E-state index < -0.39 is 12.1 Å². The predicted octanol–water partition coefficient (Wildman–Crippen LogP) is 4.05. The molecule has 4 N–H and O–H groups in total. The Kier molecular flexibility index (Phi) is 7.14. The number of benzene rings is 2. The van der Waals surface area contributed by atoms with Gasteiger partial charge in [0.25, 0.3) is 5.91 Å². The molecular formula is C22H23F3N4O3. The minimum atomic E-state index is -5.08. The highest BCUT2D eigenvalue weighted by Gasteiger charge is 2.38. The first-order valence-corrected chi connectivity index (χ1v) is 10.1. The van der Waals surface area contributed by atoms with Gasteiger partial charge in [0.15, 0.2) is 0 Å². The number of aromatic nitrogens is 2. The Morgan fingerprint density at radius 3 is 2.59 bits per heavy atom. The lowest BCUT2D eigenvalue weighted by Gasteiger charge is -2.18. The van der Waals surface area contributed by atoms with Crippen LogP contribution in [0.3, 0.4) is 0 Å². The molecule has 0 bridgehead atoms. The third-order valence-corrected chi connectivity index (χ3v) is 4.99. The number of anilines is 1. The number of carboxylic acids is 1. The molecule has 7 nitrogen and oxygen atoms in total. The molecule has 2 heterocycles. The van der Waals surface area contributed by atoms with Crippen LogP contribution in [0.1, 0.15) is 40.5 Å². The number of halogens is 3. The van der Waals surface area contributed by atoms with E-state index in [1.165, 1.54) is 11.1 Å². The minimum absolute atomic E-state index is 0.0886. The van der Waals surface area contributed by atoms with Crippen LogP contribution in [0.25, 0.3) is 10.9 Å². The predicted molar refractivity (Wildman–Crippen MR) is 114 cm³/mol. The lowest BCUT2D eigenvalue weighted by Crippen LogP contribution is -2.23. The number of carboxylic acid groups (broad SMARTS) is 1. The van der Waals surface area contributed by atoms with Gasteiger partial charge in [0.2, 0.25) is 0 Å². The summed E-state index contributed by atoms with van der Waals surface area (Å²) in [4.78, 5) is 21.6. The van der Waals surface area contributed by atoms with Crippen LogP contribution in [0, 0.1) is 0 Å². The van der Waals surface area contributed by atoms with Gasteiger partial charge in [-0.1, -0.05) is 19.4 Å². The summed E-state index contributed by atoms with van der Waals surface area (Å²) < 4.78 is 31.7. The molecule has 4 rings (SSSR count). The first-order valence-electron chi connectivity index (χ1n) is 10.1. The molecule has 10 heteroatoms. The molecule has 0 saturated carbocycles. The van der Waals surface area contributed by atoms with Crippen molar-refractivity contribution in [3.05, 3.63) is 58.8 Å². The number of carbonyl (C=O) groups is 2. The van der Waals surface area contributed by atoms with E-state index in [-0.39, 0.29) is 5.91 Å². The summed E-state index contributed by atoms with van der Waals surface area (Å²) in [6.07, 6.45) is -2.07. The van der Waals surface area contributed by atoms with Gasteiger partial charge < -0.3 is 15.7 Å². The van der Waals surface area contributed by atoms with Gasteiger partial charge in [-0.2, -0.15) is 18.3 Å². The van der Waals surface area contributed by atoms with E-state index in [0.717, 1.165) is 54.6 Å². The number of aliphatic carboxylic acids is 1. The van der Waals surface area contributed by atoms with Gasteiger partial charge >= 0.3 is 12.1 Å². The van der Waals surface area contributed by atoms with E-state index >= 15 is 0 Å². The van der Waals surface area contributed by atoms with Crippen LogP contribution in [0.15, 0.2) is 36.4 Å². The fourth-order valence-corrected chi connectivity index (χ4v) is 3.41. The lowest BCUT2D eigenvalue weighted by molar-refractivity contribution is -0.192. The molecule has 1 amide bonds. The highest BCUT2D eigenvalue weighted by Crippen LogP contribution is 2.22. The molecule has 3 aromatic rings. The zero-order chi connectivity index (χ0) is 23.3. The Morgan fingerprint density at radius 1 is 1.16 bits per heavy atom. The Balaban J connectivity index is 0.000000360. The fourth-order valence-electron chi connectivity index (χ4n) is 3.41. The number of carbonyl (C=O) groups excluding carboxylic acids is 1. The molecular weight excluding hydrogens is 425 g/mol. The number of hydrogen-bond donors (Lipinski definition) is 4. The molecule has 0 atom stereocenters. The Morgan fingerprint density at radius 2 is 1.91 bits per heavy atom. The van der Waals surface area contributed by atoms with Gasteiger partial charge in [0, 0.05) is 28.9 Å². The van der Waals surface area contributed by atoms with Crippen LogP contribution in [0.5, 0.6) is 0 Å². The Labute approximate surface area is 182 Å². The number of aromatic amines is 1. The normalized spacial score (nSPS) is 13.1. The van der Waals surface area contributed by atoms with E-state index in [2.05, 4.69) is 39.9 Å². The van der Waals surface area contributed by atoms with Crippen molar-refractivity contribution in [2.45, 2.75) is 38.9 Å². The standard InChI is InChI=1S/C20H22N4O.C2HF3O2/c1-2-3-18-17-11-14(5-7-19(17)24-23-18)20(25)22-16-6-4-13-8-9-21-12-15(13)10-16;3-2(4,5)1(6)7/h4-7,10-11,21H,2-3,8-9,12H2,1H3,(H,22,25)(H,23,24);(H,6,7). The van der Waals surface area contributed by atoms with Crippen molar-refractivity contribution in [1.82, 2.24) is 15.5 Å². The van der Waals surface area contributed by atoms with Crippen LogP contribution >= 0.6 is 0 Å². The number of alkyl halides is 3. The molecule has 1 aliphatic heterocycles. The molecule has 0 spiro atoms. The number of H-pyrrole nitrogens is 1. The van der Waals surface area contributed by atoms with Crippen molar-refractivity contribution in [1.29, 1.82) is 0 Å². The van der Waals surface area contributed by atoms with E-state index in [0.29, 0.717) is 5.56 Å². The maximum Gasteiger partial charge on any atom is 0.490 e. The van der Waals surface area contributed by atoms with E-state index in [1.54, 1.807) is 0 Å². The molecule has 1 aliphatic rings. The first-order chi connectivity index (χ1) is 15.2. The summed E-state index contributed by atoms with van der Waals surface area (Å²) in [5, 5.41) is 21.9. The maximum atomic E-state index is 12.7. The fraction of sp³-hybridized carbons (Fsp3) is 0.318. The van der Waals surface area contributed by atoms with Crippen molar-refractivity contribution in [3.63, 3.8) is 0 Å². The summed E-state index contributed by atoms with van der Waals surface area (Å²) in [6.45, 7) is 4.01. The molecule has 0 saturated heterocycles. The topological polar surface area (TPSA) is 107 Å². The number of aryl methyl sites for hydroxylation is 1. The molecule has 0 unspecified atom stereocenters. The summed E-state index contributed by atoms with van der Waals surface area (Å²) >= 11 is 0. The summed E-state index contributed by atoms with van der Waals surface area (Å²) in [5.74, 6) is -2.85. The van der Waals surface area contributed by atoms with Crippen LogP contribution in [-0.2, 0) is 24.2 Å². The van der Waals surface area contributed by atoms with Gasteiger partial charge in [-0.05, 0) is 60.8 Å². The summed E-state index contributed by atoms with van der Waals surface area (Å²) in [7, 11) is 0. The Bertz CT molecular complexity index is 1130. The number of rotatable bonds is 4. The number of hydrogen-bond acceptors (Lipinski definition) is 4. The monoisotopic (exact) mass is 448 g/mol. The SMILES string of the molecule is CCCc1[nH]nc2ccc(C(=O)Nc3ccc4c(c3)CNCC4)cc12.O=C(O)C(F)(F)F. The zero-order valence-corrected chi connectivity index (χ0v) is 17.3. The second-order valence-corrected chi connectivity index (χ2v) is 7.35. The van der Waals surface area contributed by atoms with Gasteiger partial charge in [0.05, 0.1) is 5.52 Å². The summed E-state index contributed by atoms with van der Waals surface area (Å²) in [5.41, 5.74) is 6.11. The first kappa shape index (κ1) is 23.3. The maximum absolute atomic E-state index is 12.7. The van der Waals surface area contributed by atoms with E-state index in [9.17, 15) is 18.0 Å². The van der Waals surface area contributed by atoms with Crippen molar-refractivity contribution < 1.29 is 27.9 Å². The lowest BCUT2D eigenvalue weighted by atomic mass is 10.0. The van der Waals surface area contributed by atoms with Crippen molar-refractivity contribution >= 4 is 28.5 Å². The molecule has 170 valence electrons. The third kappa shape index (κ3) is 5.64. The molecule has 32 heavy (non-hydrogen) atoms. The van der Waals surface area contributed by atoms with Crippen LogP contribution in [0.2, 0.25) is 0 Å². The van der Waals surface area contributed by atoms with E-state index in [1.807, 2.05) is 24.3 Å². The third-order valence-electron chi connectivity index (χ3n) is 4.99. The van der Waals surface area contributed by atoms with Crippen LogP contribution < -0.4 is 10.6 Å². The second-order valence-electron chi connectivity index (χ2n) is 7.35. The van der Waals surface area contributed by atoms with Crippen LogP contribution in [-0.4, -0.2) is 39.9 Å². The average molecular weight is 448 g/mol. The highest BCUT2D eigenvalue weighted by molar-refractivity contribution is 6.06. The van der Waals surface area contributed by atoms with Gasteiger partial charge in [0.1, 0.15) is 0 Å². The minimum Gasteiger partial charge on any atom is -0.475 e. The van der Waals surface area contributed by atoms with Gasteiger partial charge in [-0.3, -0.25) is 9.89 Å². The highest BCUT2D eigenvalue weighted by atomic mass is 19.4. The Hall–Kier alpha value is -3.40. The largest absolute Gasteiger partial charge is 0.490 e. The van der Waals surface area contributed by atoms with Crippen molar-refractivity contribution in [3.8, 4) is 0 Å². The van der Waals surface area contributed by atoms with Gasteiger partial charge in [-0.15, -0.1) is 0 Å². The van der Waals surface area contributed by atoms with Gasteiger partial charge in [-0.25, -0.2) is 4.79 Å². The molecule has 0 radical (unpaired) electrons. The van der Waals surface area contributed by atoms with Crippen molar-refractivity contribution in [2.24, 2.45) is 0 Å². The molecule has 0 fully saturated rings. The molecule has 1 aromatic heterocycles. The quantitative estimate of drug-likeness (QED) is 0.482.